The Morgan fingerprint density at radius 2 is 1.95 bits per heavy atom. The molecule has 2 aromatic rings. The van der Waals surface area contributed by atoms with Crippen molar-refractivity contribution in [2.75, 3.05) is 23.9 Å². The molecule has 0 aliphatic heterocycles. The molecular formula is C14H20N4O2S. The number of benzene rings is 1. The Kier molecular flexibility index (Phi) is 4.52. The van der Waals surface area contributed by atoms with E-state index >= 15 is 0 Å². The zero-order valence-corrected chi connectivity index (χ0v) is 13.0. The lowest BCUT2D eigenvalue weighted by Gasteiger charge is -2.04. The maximum absolute atomic E-state index is 11.9. The number of nitrogens with two attached hydrogens (primary N) is 1. The predicted molar refractivity (Wildman–Crippen MR) is 84.1 cm³/mol. The number of sulfone groups is 1. The van der Waals surface area contributed by atoms with E-state index in [1.54, 1.807) is 0 Å². The summed E-state index contributed by atoms with van der Waals surface area (Å²) in [5, 5.41) is 7.34. The van der Waals surface area contributed by atoms with E-state index in [1.165, 1.54) is 4.68 Å². The fourth-order valence-electron chi connectivity index (χ4n) is 2.06. The van der Waals surface area contributed by atoms with Crippen molar-refractivity contribution in [1.29, 1.82) is 0 Å². The van der Waals surface area contributed by atoms with E-state index < -0.39 is 9.84 Å². The number of anilines is 2. The van der Waals surface area contributed by atoms with E-state index in [2.05, 4.69) is 10.4 Å². The Bertz CT molecular complexity index is 708. The third-order valence-electron chi connectivity index (χ3n) is 3.03. The molecule has 0 atom stereocenters. The van der Waals surface area contributed by atoms with Gasteiger partial charge in [-0.05, 0) is 12.0 Å². The zero-order chi connectivity index (χ0) is 15.5. The molecule has 0 saturated heterocycles. The summed E-state index contributed by atoms with van der Waals surface area (Å²) in [6.07, 6.45) is 2.01. The van der Waals surface area contributed by atoms with Crippen LogP contribution in [-0.2, 0) is 16.4 Å². The average Bonchev–Trinajstić information content (AvgIpc) is 2.74. The predicted octanol–water partition coefficient (Wildman–Crippen LogP) is 1.74. The Labute approximate surface area is 124 Å². The van der Waals surface area contributed by atoms with E-state index in [-0.39, 0.29) is 10.7 Å². The van der Waals surface area contributed by atoms with Gasteiger partial charge in [0.15, 0.2) is 20.6 Å². The highest BCUT2D eigenvalue weighted by molar-refractivity contribution is 7.91. The van der Waals surface area contributed by atoms with Gasteiger partial charge in [-0.1, -0.05) is 37.3 Å². The largest absolute Gasteiger partial charge is 0.383 e. The summed E-state index contributed by atoms with van der Waals surface area (Å²) in [7, 11) is -3.44. The molecule has 0 fully saturated rings. The first kappa shape index (κ1) is 15.4. The van der Waals surface area contributed by atoms with Crippen LogP contribution in [0.25, 0.3) is 0 Å². The number of nitrogens with one attached hydrogen (secondary N) is 1. The molecule has 2 rings (SSSR count). The van der Waals surface area contributed by atoms with Crippen LogP contribution in [0.1, 0.15) is 18.9 Å². The maximum atomic E-state index is 11.9. The van der Waals surface area contributed by atoms with Gasteiger partial charge < -0.3 is 11.1 Å². The molecule has 0 saturated carbocycles. The number of nitrogen functional groups attached to an aromatic ring is 1. The maximum Gasteiger partial charge on any atom is 0.182 e. The van der Waals surface area contributed by atoms with Crippen molar-refractivity contribution in [3.63, 3.8) is 0 Å². The first-order chi connectivity index (χ1) is 9.93. The summed E-state index contributed by atoms with van der Waals surface area (Å²) in [6.45, 7) is 3.07. The van der Waals surface area contributed by atoms with Crippen LogP contribution in [0.2, 0.25) is 0 Å². The smallest absolute Gasteiger partial charge is 0.182 e. The van der Waals surface area contributed by atoms with Crippen LogP contribution in [0.15, 0.2) is 35.2 Å². The van der Waals surface area contributed by atoms with Crippen LogP contribution in [0.5, 0.6) is 0 Å². The summed E-state index contributed by atoms with van der Waals surface area (Å²) in [6, 6.07) is 9.65. The molecule has 0 unspecified atom stereocenters. The lowest BCUT2D eigenvalue weighted by atomic mass is 10.2. The minimum Gasteiger partial charge on any atom is -0.383 e. The highest BCUT2D eigenvalue weighted by atomic mass is 32.2. The summed E-state index contributed by atoms with van der Waals surface area (Å²) in [5.74, 6) is 0.493. The summed E-state index contributed by atoms with van der Waals surface area (Å²) >= 11 is 0. The van der Waals surface area contributed by atoms with Gasteiger partial charge in [0.05, 0.1) is 6.54 Å². The van der Waals surface area contributed by atoms with Crippen LogP contribution in [0.4, 0.5) is 11.6 Å². The molecule has 0 aliphatic carbocycles. The second kappa shape index (κ2) is 6.17. The van der Waals surface area contributed by atoms with Crippen LogP contribution in [0, 0.1) is 0 Å². The molecule has 114 valence electrons. The van der Waals surface area contributed by atoms with Gasteiger partial charge in [0.25, 0.3) is 0 Å². The minimum absolute atomic E-state index is 0.0758. The molecule has 0 bridgehead atoms. The molecule has 1 aromatic carbocycles. The van der Waals surface area contributed by atoms with Gasteiger partial charge in [-0.3, -0.25) is 0 Å². The number of aromatic nitrogens is 2. The van der Waals surface area contributed by atoms with Crippen LogP contribution in [-0.4, -0.2) is 31.0 Å². The number of hydrogen-bond donors (Lipinski definition) is 2. The Morgan fingerprint density at radius 3 is 2.52 bits per heavy atom. The van der Waals surface area contributed by atoms with Crippen LogP contribution >= 0.6 is 0 Å². The van der Waals surface area contributed by atoms with Gasteiger partial charge in [-0.15, -0.1) is 0 Å². The second-order valence-electron chi connectivity index (χ2n) is 4.91. The molecule has 21 heavy (non-hydrogen) atoms. The van der Waals surface area contributed by atoms with Crippen molar-refractivity contribution < 1.29 is 8.42 Å². The summed E-state index contributed by atoms with van der Waals surface area (Å²) < 4.78 is 25.4. The monoisotopic (exact) mass is 308 g/mol. The molecule has 7 heteroatoms. The lowest BCUT2D eigenvalue weighted by Crippen LogP contribution is -2.08. The van der Waals surface area contributed by atoms with Gasteiger partial charge >= 0.3 is 0 Å². The van der Waals surface area contributed by atoms with Crippen molar-refractivity contribution in [2.45, 2.75) is 24.8 Å². The fraction of sp³-hybridized carbons (Fsp3) is 0.357. The first-order valence-electron chi connectivity index (χ1n) is 6.77. The number of hydrogen-bond acceptors (Lipinski definition) is 5. The topological polar surface area (TPSA) is 90.0 Å². The molecule has 1 aromatic heterocycles. The van der Waals surface area contributed by atoms with Crippen molar-refractivity contribution in [3.05, 3.63) is 35.9 Å². The van der Waals surface area contributed by atoms with Gasteiger partial charge in [0.1, 0.15) is 5.82 Å². The molecular weight excluding hydrogens is 288 g/mol. The molecule has 1 heterocycles. The van der Waals surface area contributed by atoms with E-state index in [4.69, 9.17) is 5.73 Å². The zero-order valence-electron chi connectivity index (χ0n) is 12.2. The summed E-state index contributed by atoms with van der Waals surface area (Å²) in [4.78, 5) is 0.0758. The van der Waals surface area contributed by atoms with Gasteiger partial charge in [0.2, 0.25) is 0 Å². The summed E-state index contributed by atoms with van der Waals surface area (Å²) in [5.41, 5.74) is 7.00. The van der Waals surface area contributed by atoms with Gasteiger partial charge in [-0.25, -0.2) is 13.1 Å². The van der Waals surface area contributed by atoms with E-state index in [9.17, 15) is 8.42 Å². The van der Waals surface area contributed by atoms with Crippen molar-refractivity contribution in [3.8, 4) is 0 Å². The van der Waals surface area contributed by atoms with E-state index in [0.29, 0.717) is 18.9 Å². The van der Waals surface area contributed by atoms with E-state index in [1.807, 2.05) is 37.3 Å². The molecule has 0 radical (unpaired) electrons. The van der Waals surface area contributed by atoms with Crippen molar-refractivity contribution >= 4 is 21.5 Å². The molecule has 3 N–H and O–H groups in total. The lowest BCUT2D eigenvalue weighted by molar-refractivity contribution is 0.602. The second-order valence-corrected chi connectivity index (χ2v) is 6.86. The molecule has 6 nitrogen and oxygen atoms in total. The Morgan fingerprint density at radius 1 is 1.29 bits per heavy atom. The highest BCUT2D eigenvalue weighted by Crippen LogP contribution is 2.27. The van der Waals surface area contributed by atoms with Crippen molar-refractivity contribution in [2.24, 2.45) is 0 Å². The third kappa shape index (κ3) is 3.55. The van der Waals surface area contributed by atoms with Crippen LogP contribution in [0.3, 0.4) is 0 Å². The quantitative estimate of drug-likeness (QED) is 0.848. The minimum atomic E-state index is -3.44. The fourth-order valence-corrected chi connectivity index (χ4v) is 3.01. The standard InChI is InChI=1S/C14H20N4O2S/c1-3-9-16-14-12(21(2,19)20)13(15)18(17-14)10-11-7-5-4-6-8-11/h4-8H,3,9-10,15H2,1-2H3,(H,16,17). The molecule has 0 aliphatic rings. The van der Waals surface area contributed by atoms with Gasteiger partial charge in [-0.2, -0.15) is 5.10 Å². The van der Waals surface area contributed by atoms with E-state index in [0.717, 1.165) is 18.2 Å². The Balaban J connectivity index is 2.41. The molecule has 0 amide bonds. The Hall–Kier alpha value is -2.02. The van der Waals surface area contributed by atoms with Crippen molar-refractivity contribution in [1.82, 2.24) is 9.78 Å². The SMILES string of the molecule is CCCNc1nn(Cc2ccccc2)c(N)c1S(C)(=O)=O. The molecule has 0 spiro atoms. The van der Waals surface area contributed by atoms with Gasteiger partial charge in [0, 0.05) is 12.8 Å². The third-order valence-corrected chi connectivity index (χ3v) is 4.18. The normalized spacial score (nSPS) is 11.5. The van der Waals surface area contributed by atoms with Crippen LogP contribution < -0.4 is 11.1 Å². The number of rotatable bonds is 6. The first-order valence-corrected chi connectivity index (χ1v) is 8.66. The average molecular weight is 308 g/mol. The highest BCUT2D eigenvalue weighted by Gasteiger charge is 2.23. The number of nitrogens with zero attached hydrogens (tertiary/aromatic N) is 2.